The summed E-state index contributed by atoms with van der Waals surface area (Å²) in [4.78, 5) is 1.44. The Morgan fingerprint density at radius 1 is 1.15 bits per heavy atom. The highest BCUT2D eigenvalue weighted by Crippen LogP contribution is 2.39. The molecule has 108 valence electrons. The van der Waals surface area contributed by atoms with Gasteiger partial charge in [0.2, 0.25) is 0 Å². The maximum absolute atomic E-state index is 6.37. The molecule has 0 fully saturated rings. The van der Waals surface area contributed by atoms with Gasteiger partial charge in [0, 0.05) is 16.7 Å². The van der Waals surface area contributed by atoms with Crippen LogP contribution in [0.4, 0.5) is 0 Å². The lowest BCUT2D eigenvalue weighted by molar-refractivity contribution is 0.638. The van der Waals surface area contributed by atoms with Crippen molar-refractivity contribution >= 4 is 23.1 Å². The first kappa shape index (κ1) is 15.6. The molecule has 3 heteroatoms. The van der Waals surface area contributed by atoms with E-state index in [0.717, 1.165) is 12.2 Å². The molecule has 0 aliphatic rings. The summed E-state index contributed by atoms with van der Waals surface area (Å²) >= 11 is 3.82. The van der Waals surface area contributed by atoms with Crippen LogP contribution in [0.3, 0.4) is 0 Å². The molecule has 0 amide bonds. The third-order valence-corrected chi connectivity index (χ3v) is 6.37. The third kappa shape index (κ3) is 3.66. The van der Waals surface area contributed by atoms with E-state index in [9.17, 15) is 0 Å². The molecule has 0 saturated carbocycles. The number of thiophene rings is 1. The van der Waals surface area contributed by atoms with Crippen LogP contribution in [0.2, 0.25) is 0 Å². The van der Waals surface area contributed by atoms with Crippen LogP contribution in [0, 0.1) is 13.8 Å². The molecule has 1 nitrogen and oxygen atoms in total. The van der Waals surface area contributed by atoms with Gasteiger partial charge in [0.15, 0.2) is 0 Å². The quantitative estimate of drug-likeness (QED) is 0.805. The molecule has 1 aromatic carbocycles. The Morgan fingerprint density at radius 2 is 1.90 bits per heavy atom. The number of thioether (sulfide) groups is 1. The molecule has 0 aliphatic carbocycles. The van der Waals surface area contributed by atoms with E-state index in [0.29, 0.717) is 5.25 Å². The van der Waals surface area contributed by atoms with E-state index >= 15 is 0 Å². The second-order valence-electron chi connectivity index (χ2n) is 5.20. The van der Waals surface area contributed by atoms with E-state index in [1.54, 1.807) is 0 Å². The lowest BCUT2D eigenvalue weighted by Crippen LogP contribution is -2.25. The summed E-state index contributed by atoms with van der Waals surface area (Å²) in [6.07, 6.45) is 1.02. The molecule has 0 spiro atoms. The molecule has 0 radical (unpaired) electrons. The number of hydrogen-bond donors (Lipinski definition) is 1. The maximum atomic E-state index is 6.37. The molecular formula is C17H23NS2. The molecule has 2 unspecified atom stereocenters. The highest BCUT2D eigenvalue weighted by Gasteiger charge is 2.22. The van der Waals surface area contributed by atoms with Crippen molar-refractivity contribution in [3.8, 4) is 0 Å². The van der Waals surface area contributed by atoms with Gasteiger partial charge in [-0.1, -0.05) is 31.2 Å². The summed E-state index contributed by atoms with van der Waals surface area (Å²) in [5.74, 6) is 1.03. The van der Waals surface area contributed by atoms with Crippen molar-refractivity contribution in [1.29, 1.82) is 0 Å². The predicted molar refractivity (Wildman–Crippen MR) is 92.5 cm³/mol. The number of nitrogens with two attached hydrogens (primary N) is 1. The van der Waals surface area contributed by atoms with Gasteiger partial charge in [-0.05, 0) is 48.4 Å². The molecule has 1 aromatic heterocycles. The Balaban J connectivity index is 2.13. The third-order valence-electron chi connectivity index (χ3n) is 3.70. The van der Waals surface area contributed by atoms with Crippen LogP contribution in [0.25, 0.3) is 0 Å². The number of benzene rings is 1. The standard InChI is InChI=1S/C17H23NS2/c1-4-15(18)17(16-13(3)9-10-19-16)20-11-14-8-6-5-7-12(14)2/h5-10,15,17H,4,11,18H2,1-3H3. The highest BCUT2D eigenvalue weighted by atomic mass is 32.2. The second kappa shape index (κ2) is 7.30. The normalized spacial score (nSPS) is 14.2. The second-order valence-corrected chi connectivity index (χ2v) is 7.28. The summed E-state index contributed by atoms with van der Waals surface area (Å²) < 4.78 is 0. The summed E-state index contributed by atoms with van der Waals surface area (Å²) in [6, 6.07) is 11.0. The van der Waals surface area contributed by atoms with E-state index in [-0.39, 0.29) is 6.04 Å². The molecule has 0 saturated heterocycles. The molecule has 2 N–H and O–H groups in total. The first-order chi connectivity index (χ1) is 9.63. The van der Waals surface area contributed by atoms with Crippen LogP contribution in [0.15, 0.2) is 35.7 Å². The van der Waals surface area contributed by atoms with Crippen molar-refractivity contribution in [2.24, 2.45) is 5.73 Å². The van der Waals surface area contributed by atoms with E-state index in [2.05, 4.69) is 56.5 Å². The van der Waals surface area contributed by atoms with Crippen molar-refractivity contribution in [3.05, 3.63) is 57.3 Å². The van der Waals surface area contributed by atoms with Gasteiger partial charge in [-0.25, -0.2) is 0 Å². The molecule has 2 atom stereocenters. The monoisotopic (exact) mass is 305 g/mol. The minimum absolute atomic E-state index is 0.223. The molecular weight excluding hydrogens is 282 g/mol. The molecule has 0 bridgehead atoms. The smallest absolute Gasteiger partial charge is 0.0548 e. The van der Waals surface area contributed by atoms with Crippen molar-refractivity contribution in [1.82, 2.24) is 0 Å². The van der Waals surface area contributed by atoms with Crippen LogP contribution < -0.4 is 5.73 Å². The lowest BCUT2D eigenvalue weighted by Gasteiger charge is -2.23. The van der Waals surface area contributed by atoms with Gasteiger partial charge in [0.05, 0.1) is 5.25 Å². The van der Waals surface area contributed by atoms with E-state index in [4.69, 9.17) is 5.73 Å². The fourth-order valence-corrected chi connectivity index (χ4v) is 5.05. The zero-order chi connectivity index (χ0) is 14.5. The maximum Gasteiger partial charge on any atom is 0.0548 e. The lowest BCUT2D eigenvalue weighted by atomic mass is 10.1. The van der Waals surface area contributed by atoms with Crippen molar-refractivity contribution < 1.29 is 0 Å². The molecule has 2 rings (SSSR count). The SMILES string of the molecule is CCC(N)C(SCc1ccccc1C)c1sccc1C. The molecule has 20 heavy (non-hydrogen) atoms. The molecule has 0 aliphatic heterocycles. The van der Waals surface area contributed by atoms with Crippen molar-refractivity contribution in [2.75, 3.05) is 0 Å². The average Bonchev–Trinajstić information content (AvgIpc) is 2.87. The largest absolute Gasteiger partial charge is 0.326 e. The zero-order valence-electron chi connectivity index (χ0n) is 12.4. The fraction of sp³-hybridized carbons (Fsp3) is 0.412. The van der Waals surface area contributed by atoms with E-state index in [1.165, 1.54) is 21.6 Å². The van der Waals surface area contributed by atoms with Gasteiger partial charge >= 0.3 is 0 Å². The minimum Gasteiger partial charge on any atom is -0.326 e. The van der Waals surface area contributed by atoms with Crippen LogP contribution in [-0.4, -0.2) is 6.04 Å². The zero-order valence-corrected chi connectivity index (χ0v) is 14.1. The first-order valence-corrected chi connectivity index (χ1v) is 9.02. The topological polar surface area (TPSA) is 26.0 Å². The average molecular weight is 306 g/mol. The van der Waals surface area contributed by atoms with E-state index in [1.807, 2.05) is 23.1 Å². The summed E-state index contributed by atoms with van der Waals surface area (Å²) in [5.41, 5.74) is 10.5. The van der Waals surface area contributed by atoms with Crippen LogP contribution in [0.1, 0.15) is 40.2 Å². The Hall–Kier alpha value is -0.770. The van der Waals surface area contributed by atoms with Crippen molar-refractivity contribution in [2.45, 2.75) is 44.2 Å². The fourth-order valence-electron chi connectivity index (χ4n) is 2.24. The van der Waals surface area contributed by atoms with Gasteiger partial charge < -0.3 is 5.73 Å². The van der Waals surface area contributed by atoms with Crippen LogP contribution in [-0.2, 0) is 5.75 Å². The van der Waals surface area contributed by atoms with E-state index < -0.39 is 0 Å². The summed E-state index contributed by atoms with van der Waals surface area (Å²) in [6.45, 7) is 6.55. The number of aryl methyl sites for hydroxylation is 2. The van der Waals surface area contributed by atoms with Gasteiger partial charge in [-0.15, -0.1) is 23.1 Å². The number of hydrogen-bond acceptors (Lipinski definition) is 3. The Kier molecular flexibility index (Phi) is 5.70. The summed E-state index contributed by atoms with van der Waals surface area (Å²) in [5, 5.41) is 2.58. The van der Waals surface area contributed by atoms with Gasteiger partial charge in [-0.2, -0.15) is 0 Å². The Labute approximate surface area is 130 Å². The highest BCUT2D eigenvalue weighted by molar-refractivity contribution is 7.98. The Morgan fingerprint density at radius 3 is 2.50 bits per heavy atom. The minimum atomic E-state index is 0.223. The van der Waals surface area contributed by atoms with Crippen molar-refractivity contribution in [3.63, 3.8) is 0 Å². The van der Waals surface area contributed by atoms with Crippen LogP contribution >= 0.6 is 23.1 Å². The van der Waals surface area contributed by atoms with Gasteiger partial charge in [0.25, 0.3) is 0 Å². The van der Waals surface area contributed by atoms with Gasteiger partial charge in [-0.3, -0.25) is 0 Å². The predicted octanol–water partition coefficient (Wildman–Crippen LogP) is 5.08. The molecule has 1 heterocycles. The Bertz CT molecular complexity index is 547. The number of rotatable bonds is 6. The summed E-state index contributed by atoms with van der Waals surface area (Å²) in [7, 11) is 0. The van der Waals surface area contributed by atoms with Crippen LogP contribution in [0.5, 0.6) is 0 Å². The molecule has 2 aromatic rings. The van der Waals surface area contributed by atoms with Gasteiger partial charge in [0.1, 0.15) is 0 Å². The first-order valence-electron chi connectivity index (χ1n) is 7.09.